The van der Waals surface area contributed by atoms with Gasteiger partial charge in [-0.2, -0.15) is 0 Å². The number of aromatic nitrogens is 2. The summed E-state index contributed by atoms with van der Waals surface area (Å²) in [5.41, 5.74) is 2.20. The second kappa shape index (κ2) is 3.80. The Balaban J connectivity index is 2.27. The van der Waals surface area contributed by atoms with Crippen LogP contribution in [0.2, 0.25) is 0 Å². The van der Waals surface area contributed by atoms with E-state index >= 15 is 0 Å². The van der Waals surface area contributed by atoms with Gasteiger partial charge in [-0.3, -0.25) is 0 Å². The van der Waals surface area contributed by atoms with Gasteiger partial charge in [0.1, 0.15) is 5.65 Å². The Morgan fingerprint density at radius 3 is 3.07 bits per heavy atom. The summed E-state index contributed by atoms with van der Waals surface area (Å²) in [5, 5.41) is 1.19. The molecular formula is C11H15N3. The van der Waals surface area contributed by atoms with Crippen LogP contribution in [-0.2, 0) is 6.54 Å². The van der Waals surface area contributed by atoms with Crippen LogP contribution in [0.25, 0.3) is 11.0 Å². The normalized spacial score (nSPS) is 11.4. The van der Waals surface area contributed by atoms with Crippen LogP contribution in [-0.4, -0.2) is 28.5 Å². The lowest BCUT2D eigenvalue weighted by atomic mass is 10.3. The first kappa shape index (κ1) is 9.21. The minimum absolute atomic E-state index is 0.951. The van der Waals surface area contributed by atoms with Crippen molar-refractivity contribution in [1.29, 1.82) is 0 Å². The molecule has 0 aliphatic carbocycles. The van der Waals surface area contributed by atoms with Gasteiger partial charge in [-0.25, -0.2) is 4.98 Å². The predicted octanol–water partition coefficient (Wildman–Crippen LogP) is 2.01. The second-order valence-corrected chi connectivity index (χ2v) is 3.57. The van der Waals surface area contributed by atoms with Gasteiger partial charge in [0.25, 0.3) is 0 Å². The predicted molar refractivity (Wildman–Crippen MR) is 58.1 cm³/mol. The van der Waals surface area contributed by atoms with Crippen molar-refractivity contribution in [3.8, 4) is 0 Å². The maximum Gasteiger partial charge on any atom is 0.137 e. The van der Waals surface area contributed by atoms with Crippen LogP contribution >= 0.6 is 0 Å². The molecule has 0 saturated carbocycles. The molecule has 0 aromatic carbocycles. The number of pyridine rings is 1. The summed E-state index contributed by atoms with van der Waals surface area (Å²) in [6.07, 6.45) is 1.81. The largest absolute Gasteiger partial charge is 0.342 e. The van der Waals surface area contributed by atoms with E-state index in [1.54, 1.807) is 0 Å². The Labute approximate surface area is 83.8 Å². The Bertz CT molecular complexity index is 386. The van der Waals surface area contributed by atoms with Gasteiger partial charge in [-0.1, -0.05) is 6.92 Å². The van der Waals surface area contributed by atoms with Gasteiger partial charge in [0, 0.05) is 23.8 Å². The van der Waals surface area contributed by atoms with Crippen molar-refractivity contribution < 1.29 is 0 Å². The molecular weight excluding hydrogens is 174 g/mol. The molecule has 0 unspecified atom stereocenters. The van der Waals surface area contributed by atoms with Gasteiger partial charge in [0.15, 0.2) is 0 Å². The van der Waals surface area contributed by atoms with Crippen LogP contribution in [0.1, 0.15) is 12.6 Å². The van der Waals surface area contributed by atoms with Gasteiger partial charge in [-0.05, 0) is 31.8 Å². The molecule has 2 heterocycles. The Kier molecular flexibility index (Phi) is 2.50. The van der Waals surface area contributed by atoms with E-state index in [2.05, 4.69) is 41.0 Å². The fourth-order valence-electron chi connectivity index (χ4n) is 1.50. The molecule has 74 valence electrons. The first-order chi connectivity index (χ1) is 6.79. The summed E-state index contributed by atoms with van der Waals surface area (Å²) in [4.78, 5) is 9.82. The maximum atomic E-state index is 4.26. The molecule has 1 N–H and O–H groups in total. The minimum Gasteiger partial charge on any atom is -0.342 e. The molecule has 0 amide bonds. The quantitative estimate of drug-likeness (QED) is 0.801. The third-order valence-corrected chi connectivity index (χ3v) is 2.43. The molecule has 0 spiro atoms. The van der Waals surface area contributed by atoms with Crippen molar-refractivity contribution in [2.24, 2.45) is 0 Å². The van der Waals surface area contributed by atoms with E-state index in [0.29, 0.717) is 0 Å². The zero-order valence-electron chi connectivity index (χ0n) is 8.62. The Morgan fingerprint density at radius 2 is 2.36 bits per heavy atom. The first-order valence-electron chi connectivity index (χ1n) is 4.90. The number of nitrogens with one attached hydrogen (secondary N) is 1. The van der Waals surface area contributed by atoms with E-state index in [-0.39, 0.29) is 0 Å². The van der Waals surface area contributed by atoms with Crippen molar-refractivity contribution in [2.45, 2.75) is 13.5 Å². The third kappa shape index (κ3) is 1.77. The molecule has 0 aliphatic rings. The third-order valence-electron chi connectivity index (χ3n) is 2.43. The Hall–Kier alpha value is -1.35. The van der Waals surface area contributed by atoms with E-state index in [0.717, 1.165) is 18.7 Å². The average Bonchev–Trinajstić information content (AvgIpc) is 2.59. The van der Waals surface area contributed by atoms with E-state index in [4.69, 9.17) is 0 Å². The van der Waals surface area contributed by atoms with Crippen LogP contribution in [0, 0.1) is 0 Å². The highest BCUT2D eigenvalue weighted by atomic mass is 15.1. The summed E-state index contributed by atoms with van der Waals surface area (Å²) in [7, 11) is 2.11. The van der Waals surface area contributed by atoms with Crippen molar-refractivity contribution in [3.63, 3.8) is 0 Å². The van der Waals surface area contributed by atoms with Crippen LogP contribution in [0.15, 0.2) is 24.4 Å². The molecule has 0 aliphatic heterocycles. The smallest absolute Gasteiger partial charge is 0.137 e. The van der Waals surface area contributed by atoms with Gasteiger partial charge in [-0.15, -0.1) is 0 Å². The molecule has 0 fully saturated rings. The fourth-order valence-corrected chi connectivity index (χ4v) is 1.50. The number of fused-ring (bicyclic) bond motifs is 1. The van der Waals surface area contributed by atoms with Gasteiger partial charge in [0.2, 0.25) is 0 Å². The van der Waals surface area contributed by atoms with E-state index in [1.165, 1.54) is 11.1 Å². The molecule has 2 rings (SSSR count). The Morgan fingerprint density at radius 1 is 1.50 bits per heavy atom. The number of nitrogens with zero attached hydrogens (tertiary/aromatic N) is 2. The number of hydrogen-bond donors (Lipinski definition) is 1. The second-order valence-electron chi connectivity index (χ2n) is 3.57. The van der Waals surface area contributed by atoms with Gasteiger partial charge in [0.05, 0.1) is 0 Å². The first-order valence-corrected chi connectivity index (χ1v) is 4.90. The highest BCUT2D eigenvalue weighted by Gasteiger charge is 2.02. The number of hydrogen-bond acceptors (Lipinski definition) is 2. The van der Waals surface area contributed by atoms with Crippen molar-refractivity contribution in [3.05, 3.63) is 30.1 Å². The van der Waals surface area contributed by atoms with Crippen molar-refractivity contribution >= 4 is 11.0 Å². The van der Waals surface area contributed by atoms with E-state index < -0.39 is 0 Å². The topological polar surface area (TPSA) is 31.9 Å². The summed E-state index contributed by atoms with van der Waals surface area (Å²) in [6.45, 7) is 4.16. The molecule has 2 aromatic rings. The molecule has 0 atom stereocenters. The number of rotatable bonds is 3. The molecule has 0 radical (unpaired) electrons. The summed E-state index contributed by atoms with van der Waals surface area (Å²) in [5.74, 6) is 0. The zero-order chi connectivity index (χ0) is 9.97. The minimum atomic E-state index is 0.951. The standard InChI is InChI=1S/C11H15N3/c1-3-14(2)8-10-7-9-5-4-6-12-11(9)13-10/h4-7H,3,8H2,1-2H3,(H,12,13). The molecule has 14 heavy (non-hydrogen) atoms. The van der Waals surface area contributed by atoms with Crippen LogP contribution < -0.4 is 0 Å². The molecule has 2 aromatic heterocycles. The van der Waals surface area contributed by atoms with E-state index in [1.807, 2.05) is 12.3 Å². The lowest BCUT2D eigenvalue weighted by Crippen LogP contribution is -2.16. The van der Waals surface area contributed by atoms with Crippen LogP contribution in [0.4, 0.5) is 0 Å². The van der Waals surface area contributed by atoms with Crippen LogP contribution in [0.3, 0.4) is 0 Å². The zero-order valence-corrected chi connectivity index (χ0v) is 8.62. The van der Waals surface area contributed by atoms with Crippen molar-refractivity contribution in [1.82, 2.24) is 14.9 Å². The summed E-state index contributed by atoms with van der Waals surface area (Å²) in [6, 6.07) is 6.20. The summed E-state index contributed by atoms with van der Waals surface area (Å²) < 4.78 is 0. The SMILES string of the molecule is CCN(C)Cc1cc2cccnc2[nH]1. The molecule has 3 nitrogen and oxygen atoms in total. The lowest BCUT2D eigenvalue weighted by Gasteiger charge is -2.11. The fraction of sp³-hybridized carbons (Fsp3) is 0.364. The molecule has 0 bridgehead atoms. The summed E-state index contributed by atoms with van der Waals surface area (Å²) >= 11 is 0. The van der Waals surface area contributed by atoms with Crippen LogP contribution in [0.5, 0.6) is 0 Å². The highest BCUT2D eigenvalue weighted by Crippen LogP contribution is 2.12. The number of H-pyrrole nitrogens is 1. The molecule has 3 heteroatoms. The van der Waals surface area contributed by atoms with E-state index in [9.17, 15) is 0 Å². The van der Waals surface area contributed by atoms with Gasteiger partial charge < -0.3 is 9.88 Å². The number of aromatic amines is 1. The monoisotopic (exact) mass is 189 g/mol. The van der Waals surface area contributed by atoms with Crippen molar-refractivity contribution in [2.75, 3.05) is 13.6 Å². The van der Waals surface area contributed by atoms with Gasteiger partial charge >= 0.3 is 0 Å². The molecule has 0 saturated heterocycles. The lowest BCUT2D eigenvalue weighted by molar-refractivity contribution is 0.342. The average molecular weight is 189 g/mol. The highest BCUT2D eigenvalue weighted by molar-refractivity contribution is 5.76. The maximum absolute atomic E-state index is 4.26.